The van der Waals surface area contributed by atoms with Crippen LogP contribution in [0.2, 0.25) is 5.02 Å². The van der Waals surface area contributed by atoms with Gasteiger partial charge in [-0.15, -0.1) is 11.3 Å². The molecule has 0 amide bonds. The zero-order valence-electron chi connectivity index (χ0n) is 18.1. The van der Waals surface area contributed by atoms with E-state index in [1.807, 2.05) is 95.3 Å². The van der Waals surface area contributed by atoms with Gasteiger partial charge in [0.1, 0.15) is 0 Å². The van der Waals surface area contributed by atoms with Crippen molar-refractivity contribution >= 4 is 28.6 Å². The minimum atomic E-state index is -0.163. The molecular formula is C25H21ClN4O2S. The fourth-order valence-electron chi connectivity index (χ4n) is 3.79. The van der Waals surface area contributed by atoms with E-state index < -0.39 is 0 Å². The van der Waals surface area contributed by atoms with Crippen molar-refractivity contribution in [2.45, 2.75) is 13.5 Å². The van der Waals surface area contributed by atoms with Gasteiger partial charge in [-0.2, -0.15) is 0 Å². The molecule has 3 heterocycles. The fraction of sp³-hybridized carbons (Fsp3) is 0.120. The van der Waals surface area contributed by atoms with Crippen LogP contribution in [0.15, 0.2) is 92.6 Å². The maximum atomic E-state index is 13.4. The van der Waals surface area contributed by atoms with Crippen LogP contribution in [0.5, 0.6) is 0 Å². The number of aromatic nitrogens is 3. The molecule has 0 saturated heterocycles. The lowest BCUT2D eigenvalue weighted by Gasteiger charge is -2.08. The summed E-state index contributed by atoms with van der Waals surface area (Å²) < 4.78 is 11.2. The number of hydrogen-bond donors (Lipinski definition) is 0. The Bertz CT molecular complexity index is 1540. The van der Waals surface area contributed by atoms with Crippen LogP contribution in [0.1, 0.15) is 11.3 Å². The van der Waals surface area contributed by atoms with E-state index in [-0.39, 0.29) is 5.56 Å². The van der Waals surface area contributed by atoms with Gasteiger partial charge in [0.2, 0.25) is 0 Å². The van der Waals surface area contributed by atoms with Crippen molar-refractivity contribution in [3.63, 3.8) is 0 Å². The van der Waals surface area contributed by atoms with E-state index in [4.69, 9.17) is 21.0 Å². The first kappa shape index (κ1) is 21.3. The van der Waals surface area contributed by atoms with E-state index in [1.54, 1.807) is 10.9 Å². The average Bonchev–Trinajstić information content (AvgIpc) is 3.52. The molecule has 2 aromatic carbocycles. The summed E-state index contributed by atoms with van der Waals surface area (Å²) >= 11 is 7.69. The van der Waals surface area contributed by atoms with E-state index >= 15 is 0 Å². The third kappa shape index (κ3) is 4.01. The highest BCUT2D eigenvalue weighted by Gasteiger charge is 2.17. The smallest absolute Gasteiger partial charge is 0.297 e. The van der Waals surface area contributed by atoms with E-state index in [1.165, 1.54) is 11.3 Å². The van der Waals surface area contributed by atoms with Gasteiger partial charge in [-0.1, -0.05) is 41.9 Å². The van der Waals surface area contributed by atoms with E-state index in [9.17, 15) is 4.79 Å². The number of nitrogens with zero attached hydrogens (tertiary/aromatic N) is 4. The van der Waals surface area contributed by atoms with E-state index in [0.29, 0.717) is 22.1 Å². The summed E-state index contributed by atoms with van der Waals surface area (Å²) in [7, 11) is 1.87. The molecule has 0 saturated carbocycles. The van der Waals surface area contributed by atoms with Gasteiger partial charge in [0.15, 0.2) is 16.2 Å². The minimum Gasteiger partial charge on any atom is -0.463 e. The summed E-state index contributed by atoms with van der Waals surface area (Å²) in [5.74, 6) is 0.737. The van der Waals surface area contributed by atoms with Crippen molar-refractivity contribution in [1.82, 2.24) is 13.9 Å². The SMILES string of the molecule is Cc1c(N=c2scc(-c3ccco3)n2Cc2cccc(Cl)c2)c(=O)n(-c2ccccc2)n1C. The third-order valence-corrected chi connectivity index (χ3v) is 6.63. The second-order valence-electron chi connectivity index (χ2n) is 7.62. The van der Waals surface area contributed by atoms with Gasteiger partial charge < -0.3 is 8.98 Å². The van der Waals surface area contributed by atoms with Gasteiger partial charge in [-0.05, 0) is 48.9 Å². The standard InChI is InChI=1S/C25H21ClN4O2S/c1-17-23(24(31)30(28(17)2)20-10-4-3-5-11-20)27-25-29(15-18-8-6-9-19(26)14-18)21(16-33-25)22-12-7-13-32-22/h3-14,16H,15H2,1-2H3. The molecule has 6 nitrogen and oxygen atoms in total. The van der Waals surface area contributed by atoms with E-state index in [2.05, 4.69) is 0 Å². The summed E-state index contributed by atoms with van der Waals surface area (Å²) in [6.07, 6.45) is 1.65. The number of halogens is 1. The molecule has 33 heavy (non-hydrogen) atoms. The Balaban J connectivity index is 1.69. The van der Waals surface area contributed by atoms with Crippen LogP contribution in [0.3, 0.4) is 0 Å². The van der Waals surface area contributed by atoms with E-state index in [0.717, 1.165) is 28.4 Å². The maximum absolute atomic E-state index is 13.4. The molecule has 0 N–H and O–H groups in total. The molecule has 0 spiro atoms. The second kappa shape index (κ2) is 8.77. The molecule has 0 unspecified atom stereocenters. The topological polar surface area (TPSA) is 57.4 Å². The van der Waals surface area contributed by atoms with Crippen LogP contribution >= 0.6 is 22.9 Å². The van der Waals surface area contributed by atoms with Gasteiger partial charge in [0.25, 0.3) is 5.56 Å². The second-order valence-corrected chi connectivity index (χ2v) is 8.89. The van der Waals surface area contributed by atoms with Gasteiger partial charge in [-0.25, -0.2) is 9.67 Å². The number of thiazole rings is 1. The molecule has 0 radical (unpaired) electrons. The zero-order chi connectivity index (χ0) is 22.9. The first-order valence-electron chi connectivity index (χ1n) is 10.4. The lowest BCUT2D eigenvalue weighted by molar-refractivity contribution is 0.573. The Kier molecular flexibility index (Phi) is 5.66. The number of para-hydroxylation sites is 1. The number of furan rings is 1. The highest BCUT2D eigenvalue weighted by atomic mass is 35.5. The Hall–Kier alpha value is -3.55. The Morgan fingerprint density at radius 1 is 1.06 bits per heavy atom. The lowest BCUT2D eigenvalue weighted by atomic mass is 10.2. The number of benzene rings is 2. The molecular weight excluding hydrogens is 456 g/mol. The third-order valence-electron chi connectivity index (χ3n) is 5.53. The number of rotatable bonds is 5. The van der Waals surface area contributed by atoms with Crippen LogP contribution < -0.4 is 10.4 Å². The van der Waals surface area contributed by atoms with Crippen molar-refractivity contribution in [1.29, 1.82) is 0 Å². The molecule has 8 heteroatoms. The summed E-state index contributed by atoms with van der Waals surface area (Å²) in [5, 5.41) is 2.67. The molecule has 5 aromatic rings. The molecule has 5 rings (SSSR count). The Morgan fingerprint density at radius 2 is 1.88 bits per heavy atom. The molecule has 166 valence electrons. The summed E-state index contributed by atoms with van der Waals surface area (Å²) in [6.45, 7) is 2.44. The maximum Gasteiger partial charge on any atom is 0.297 e. The summed E-state index contributed by atoms with van der Waals surface area (Å²) in [4.78, 5) is 18.9. The Morgan fingerprint density at radius 3 is 2.61 bits per heavy atom. The average molecular weight is 477 g/mol. The van der Waals surface area contributed by atoms with Crippen molar-refractivity contribution < 1.29 is 4.42 Å². The molecule has 0 bridgehead atoms. The normalized spacial score (nSPS) is 11.9. The molecule has 0 aliphatic rings. The quantitative estimate of drug-likeness (QED) is 0.334. The predicted molar refractivity (Wildman–Crippen MR) is 132 cm³/mol. The van der Waals surface area contributed by atoms with Crippen LogP contribution in [0.25, 0.3) is 17.1 Å². The Labute approximate surface area is 199 Å². The van der Waals surface area contributed by atoms with Crippen LogP contribution in [-0.4, -0.2) is 13.9 Å². The highest BCUT2D eigenvalue weighted by Crippen LogP contribution is 2.23. The fourth-order valence-corrected chi connectivity index (χ4v) is 4.90. The van der Waals surface area contributed by atoms with Crippen LogP contribution in [0, 0.1) is 6.92 Å². The number of hydrogen-bond acceptors (Lipinski definition) is 4. The summed E-state index contributed by atoms with van der Waals surface area (Å²) in [5.41, 5.74) is 3.75. The van der Waals surface area contributed by atoms with Crippen molar-refractivity contribution in [2.24, 2.45) is 12.0 Å². The summed E-state index contributed by atoms with van der Waals surface area (Å²) in [6, 6.07) is 21.0. The molecule has 0 aliphatic carbocycles. The predicted octanol–water partition coefficient (Wildman–Crippen LogP) is 5.54. The molecule has 0 aliphatic heterocycles. The van der Waals surface area contributed by atoms with Crippen molar-refractivity contribution in [3.8, 4) is 17.1 Å². The minimum absolute atomic E-state index is 0.163. The monoisotopic (exact) mass is 476 g/mol. The lowest BCUT2D eigenvalue weighted by Crippen LogP contribution is -2.20. The zero-order valence-corrected chi connectivity index (χ0v) is 19.7. The van der Waals surface area contributed by atoms with Gasteiger partial charge >= 0.3 is 0 Å². The van der Waals surface area contributed by atoms with Gasteiger partial charge in [-0.3, -0.25) is 9.48 Å². The van der Waals surface area contributed by atoms with Crippen LogP contribution in [-0.2, 0) is 13.6 Å². The van der Waals surface area contributed by atoms with Gasteiger partial charge in [0, 0.05) is 17.5 Å². The molecule has 0 atom stereocenters. The first-order valence-corrected chi connectivity index (χ1v) is 11.6. The van der Waals surface area contributed by atoms with Crippen molar-refractivity contribution in [3.05, 3.63) is 110 Å². The van der Waals surface area contributed by atoms with Gasteiger partial charge in [0.05, 0.1) is 29.9 Å². The largest absolute Gasteiger partial charge is 0.463 e. The molecule has 3 aromatic heterocycles. The first-order chi connectivity index (χ1) is 16.0. The van der Waals surface area contributed by atoms with Crippen LogP contribution in [0.4, 0.5) is 5.69 Å². The van der Waals surface area contributed by atoms with Crippen molar-refractivity contribution in [2.75, 3.05) is 0 Å². The highest BCUT2D eigenvalue weighted by molar-refractivity contribution is 7.07. The molecule has 0 fully saturated rings.